The van der Waals surface area contributed by atoms with Crippen molar-refractivity contribution in [2.24, 2.45) is 0 Å². The minimum absolute atomic E-state index is 0.00368. The van der Waals surface area contributed by atoms with Crippen molar-refractivity contribution >= 4 is 29.0 Å². The molecule has 2 N–H and O–H groups in total. The number of thiophene rings is 1. The van der Waals surface area contributed by atoms with Gasteiger partial charge in [-0.15, -0.1) is 23.1 Å². The van der Waals surface area contributed by atoms with Crippen LogP contribution in [0.4, 0.5) is 0 Å². The SMILES string of the molecule is O=C(NCC1(c2cccs2)CCCCC1)C1CSCN1. The molecule has 110 valence electrons. The highest BCUT2D eigenvalue weighted by Gasteiger charge is 2.35. The molecule has 5 heteroatoms. The maximum Gasteiger partial charge on any atom is 0.238 e. The number of amides is 1. The molecule has 2 fully saturated rings. The van der Waals surface area contributed by atoms with Crippen molar-refractivity contribution in [3.05, 3.63) is 22.4 Å². The fourth-order valence-electron chi connectivity index (χ4n) is 3.26. The molecule has 1 saturated carbocycles. The molecule has 3 rings (SSSR count). The molecule has 1 saturated heterocycles. The number of hydrogen-bond donors (Lipinski definition) is 2. The largest absolute Gasteiger partial charge is 0.354 e. The van der Waals surface area contributed by atoms with Gasteiger partial charge in [0.25, 0.3) is 0 Å². The van der Waals surface area contributed by atoms with Gasteiger partial charge in [0, 0.05) is 28.5 Å². The van der Waals surface area contributed by atoms with Crippen molar-refractivity contribution in [3.8, 4) is 0 Å². The Balaban J connectivity index is 1.66. The standard InChI is InChI=1S/C15H22N2OS2/c18-14(12-9-19-11-17-12)16-10-15(6-2-1-3-7-15)13-5-4-8-20-13/h4-5,8,12,17H,1-3,6-7,9-11H2,(H,16,18). The zero-order valence-electron chi connectivity index (χ0n) is 11.7. The molecule has 0 bridgehead atoms. The maximum atomic E-state index is 12.2. The zero-order valence-corrected chi connectivity index (χ0v) is 13.3. The first kappa shape index (κ1) is 14.4. The second-order valence-corrected chi connectivity index (χ2v) is 7.79. The van der Waals surface area contributed by atoms with Crippen LogP contribution in [0.2, 0.25) is 0 Å². The lowest BCUT2D eigenvalue weighted by molar-refractivity contribution is -0.122. The van der Waals surface area contributed by atoms with Crippen LogP contribution in [0.15, 0.2) is 17.5 Å². The maximum absolute atomic E-state index is 12.2. The Hall–Kier alpha value is -0.520. The molecule has 1 amide bonds. The third-order valence-corrected chi connectivity index (χ3v) is 6.54. The highest BCUT2D eigenvalue weighted by atomic mass is 32.2. The Kier molecular flexibility index (Phi) is 4.68. The van der Waals surface area contributed by atoms with Gasteiger partial charge < -0.3 is 5.32 Å². The second kappa shape index (κ2) is 6.50. The summed E-state index contributed by atoms with van der Waals surface area (Å²) < 4.78 is 0. The van der Waals surface area contributed by atoms with E-state index in [0.717, 1.165) is 18.2 Å². The molecular weight excluding hydrogens is 288 g/mol. The first-order valence-electron chi connectivity index (χ1n) is 7.43. The minimum atomic E-state index is 0.00368. The van der Waals surface area contributed by atoms with Crippen molar-refractivity contribution in [2.75, 3.05) is 18.2 Å². The summed E-state index contributed by atoms with van der Waals surface area (Å²) in [7, 11) is 0. The molecule has 2 aliphatic rings. The van der Waals surface area contributed by atoms with Gasteiger partial charge in [-0.1, -0.05) is 25.3 Å². The Morgan fingerprint density at radius 3 is 2.90 bits per heavy atom. The van der Waals surface area contributed by atoms with Crippen molar-refractivity contribution in [1.82, 2.24) is 10.6 Å². The molecule has 20 heavy (non-hydrogen) atoms. The van der Waals surface area contributed by atoms with Crippen LogP contribution >= 0.6 is 23.1 Å². The van der Waals surface area contributed by atoms with Gasteiger partial charge in [0.05, 0.1) is 6.04 Å². The van der Waals surface area contributed by atoms with Gasteiger partial charge in [0.1, 0.15) is 0 Å². The van der Waals surface area contributed by atoms with Crippen molar-refractivity contribution < 1.29 is 4.79 Å². The van der Waals surface area contributed by atoms with Crippen molar-refractivity contribution in [2.45, 2.75) is 43.6 Å². The summed E-state index contributed by atoms with van der Waals surface area (Å²) in [6, 6.07) is 4.38. The Bertz CT molecular complexity index is 435. The lowest BCUT2D eigenvalue weighted by Crippen LogP contribution is -2.48. The summed E-state index contributed by atoms with van der Waals surface area (Å²) in [4.78, 5) is 13.7. The van der Waals surface area contributed by atoms with E-state index in [2.05, 4.69) is 28.1 Å². The van der Waals surface area contributed by atoms with Gasteiger partial charge in [-0.05, 0) is 24.3 Å². The van der Waals surface area contributed by atoms with E-state index in [9.17, 15) is 4.79 Å². The zero-order chi connectivity index (χ0) is 13.8. The first-order valence-corrected chi connectivity index (χ1v) is 9.46. The molecule has 1 unspecified atom stereocenters. The van der Waals surface area contributed by atoms with E-state index in [1.165, 1.54) is 37.0 Å². The van der Waals surface area contributed by atoms with Gasteiger partial charge in [0.15, 0.2) is 0 Å². The normalized spacial score (nSPS) is 25.5. The van der Waals surface area contributed by atoms with Crippen LogP contribution in [0.1, 0.15) is 37.0 Å². The second-order valence-electron chi connectivity index (χ2n) is 5.81. The lowest BCUT2D eigenvalue weighted by Gasteiger charge is -2.37. The number of carbonyl (C=O) groups excluding carboxylic acids is 1. The Morgan fingerprint density at radius 2 is 2.25 bits per heavy atom. The van der Waals surface area contributed by atoms with Crippen molar-refractivity contribution in [3.63, 3.8) is 0 Å². The summed E-state index contributed by atoms with van der Waals surface area (Å²) >= 11 is 3.64. The highest BCUT2D eigenvalue weighted by molar-refractivity contribution is 7.99. The molecule has 2 heterocycles. The fraction of sp³-hybridized carbons (Fsp3) is 0.667. The molecule has 1 atom stereocenters. The number of hydrogen-bond acceptors (Lipinski definition) is 4. The van der Waals surface area contributed by atoms with Crippen LogP contribution in [0.25, 0.3) is 0 Å². The van der Waals surface area contributed by atoms with Gasteiger partial charge in [-0.2, -0.15) is 0 Å². The number of thioether (sulfide) groups is 1. The molecule has 1 aromatic heterocycles. The first-order chi connectivity index (χ1) is 9.80. The number of carbonyl (C=O) groups is 1. The topological polar surface area (TPSA) is 41.1 Å². The average Bonchev–Trinajstić information content (AvgIpc) is 3.18. The molecular formula is C15H22N2OS2. The smallest absolute Gasteiger partial charge is 0.238 e. The van der Waals surface area contributed by atoms with Crippen molar-refractivity contribution in [1.29, 1.82) is 0 Å². The molecule has 0 aromatic carbocycles. The van der Waals surface area contributed by atoms with Crippen LogP contribution in [-0.2, 0) is 10.2 Å². The van der Waals surface area contributed by atoms with Crippen LogP contribution < -0.4 is 10.6 Å². The van der Waals surface area contributed by atoms with Gasteiger partial charge >= 0.3 is 0 Å². The van der Waals surface area contributed by atoms with E-state index in [1.54, 1.807) is 11.8 Å². The average molecular weight is 310 g/mol. The molecule has 1 aliphatic heterocycles. The predicted octanol–water partition coefficient (Wildman–Crippen LogP) is 2.73. The van der Waals surface area contributed by atoms with Gasteiger partial charge in [-0.25, -0.2) is 0 Å². The minimum Gasteiger partial charge on any atom is -0.354 e. The highest BCUT2D eigenvalue weighted by Crippen LogP contribution is 2.41. The summed E-state index contributed by atoms with van der Waals surface area (Å²) in [5.74, 6) is 1.97. The lowest BCUT2D eigenvalue weighted by atomic mass is 9.73. The number of nitrogens with one attached hydrogen (secondary N) is 2. The third kappa shape index (κ3) is 3.05. The Morgan fingerprint density at radius 1 is 1.40 bits per heavy atom. The molecule has 0 spiro atoms. The number of rotatable bonds is 4. The quantitative estimate of drug-likeness (QED) is 0.898. The van der Waals surface area contributed by atoms with Gasteiger partial charge in [0.2, 0.25) is 5.91 Å². The van der Waals surface area contributed by atoms with E-state index in [0.29, 0.717) is 0 Å². The summed E-state index contributed by atoms with van der Waals surface area (Å²) in [5.41, 5.74) is 0.188. The van der Waals surface area contributed by atoms with E-state index in [4.69, 9.17) is 0 Å². The van der Waals surface area contributed by atoms with E-state index in [1.807, 2.05) is 11.3 Å². The summed E-state index contributed by atoms with van der Waals surface area (Å²) in [5, 5.41) is 8.62. The Labute approximate surface area is 128 Å². The van der Waals surface area contributed by atoms with Crippen LogP contribution in [-0.4, -0.2) is 30.1 Å². The van der Waals surface area contributed by atoms with E-state index < -0.39 is 0 Å². The fourth-order valence-corrected chi connectivity index (χ4v) is 5.19. The molecule has 0 radical (unpaired) electrons. The van der Waals surface area contributed by atoms with E-state index >= 15 is 0 Å². The summed E-state index contributed by atoms with van der Waals surface area (Å²) in [6.07, 6.45) is 6.32. The monoisotopic (exact) mass is 310 g/mol. The predicted molar refractivity (Wildman–Crippen MR) is 86.3 cm³/mol. The van der Waals surface area contributed by atoms with Crippen LogP contribution in [0, 0.1) is 0 Å². The third-order valence-electron chi connectivity index (χ3n) is 4.49. The molecule has 1 aliphatic carbocycles. The van der Waals surface area contributed by atoms with Crippen LogP contribution in [0.3, 0.4) is 0 Å². The molecule has 3 nitrogen and oxygen atoms in total. The summed E-state index contributed by atoms with van der Waals surface area (Å²) in [6.45, 7) is 0.801. The van der Waals surface area contributed by atoms with Gasteiger partial charge in [-0.3, -0.25) is 10.1 Å². The van der Waals surface area contributed by atoms with Crippen LogP contribution in [0.5, 0.6) is 0 Å². The van der Waals surface area contributed by atoms with E-state index in [-0.39, 0.29) is 17.4 Å². The molecule has 1 aromatic rings.